The summed E-state index contributed by atoms with van der Waals surface area (Å²) in [5.41, 5.74) is 8.13. The molecule has 4 heteroatoms. The van der Waals surface area contributed by atoms with E-state index < -0.39 is 0 Å². The van der Waals surface area contributed by atoms with Gasteiger partial charge in [-0.15, -0.1) is 0 Å². The lowest BCUT2D eigenvalue weighted by Crippen LogP contribution is -2.05. The number of aromatic nitrogens is 1. The lowest BCUT2D eigenvalue weighted by Gasteiger charge is -2.06. The molecule has 0 aliphatic heterocycles. The van der Waals surface area contributed by atoms with E-state index in [4.69, 9.17) is 5.73 Å². The maximum atomic E-state index is 12.1. The second-order valence-electron chi connectivity index (χ2n) is 3.60. The lowest BCUT2D eigenvalue weighted by molar-refractivity contribution is 0.103. The van der Waals surface area contributed by atoms with Crippen molar-refractivity contribution in [3.05, 3.63) is 53.9 Å². The fourth-order valence-electron chi connectivity index (χ4n) is 1.58. The van der Waals surface area contributed by atoms with Gasteiger partial charge in [0.25, 0.3) is 0 Å². The normalized spacial score (nSPS) is 9.94. The number of nitrogen functional groups attached to an aromatic ring is 1. The summed E-state index contributed by atoms with van der Waals surface area (Å²) in [4.78, 5) is 16.1. The van der Waals surface area contributed by atoms with Crippen LogP contribution >= 0.6 is 0 Å². The number of nitrogens with one attached hydrogen (secondary N) is 1. The largest absolute Gasteiger partial charge is 0.397 e. The number of nitrogens with zero attached hydrogens (tertiary/aromatic N) is 1. The van der Waals surface area contributed by atoms with Gasteiger partial charge in [0.1, 0.15) is 5.69 Å². The number of pyridine rings is 1. The Bertz CT molecular complexity index is 538. The fraction of sp³-hybridized carbons (Fsp3) is 0.0769. The van der Waals surface area contributed by atoms with Crippen molar-refractivity contribution in [1.29, 1.82) is 0 Å². The minimum Gasteiger partial charge on any atom is -0.397 e. The van der Waals surface area contributed by atoms with Gasteiger partial charge in [-0.2, -0.15) is 0 Å². The molecule has 0 saturated carbocycles. The van der Waals surface area contributed by atoms with Crippen molar-refractivity contribution in [2.75, 3.05) is 18.1 Å². The molecule has 0 bridgehead atoms. The summed E-state index contributed by atoms with van der Waals surface area (Å²) < 4.78 is 0. The van der Waals surface area contributed by atoms with E-state index in [9.17, 15) is 4.79 Å². The predicted octanol–water partition coefficient (Wildman–Crippen LogP) is 1.94. The summed E-state index contributed by atoms with van der Waals surface area (Å²) in [5, 5.41) is 2.95. The first-order valence-corrected chi connectivity index (χ1v) is 5.25. The van der Waals surface area contributed by atoms with Gasteiger partial charge in [-0.1, -0.05) is 6.07 Å². The molecule has 4 nitrogen and oxygen atoms in total. The number of hydrogen-bond acceptors (Lipinski definition) is 4. The van der Waals surface area contributed by atoms with Gasteiger partial charge in [-0.05, 0) is 30.3 Å². The van der Waals surface area contributed by atoms with Gasteiger partial charge in [-0.25, -0.2) is 0 Å². The zero-order chi connectivity index (χ0) is 12.3. The highest BCUT2D eigenvalue weighted by Crippen LogP contribution is 2.20. The number of rotatable bonds is 3. The van der Waals surface area contributed by atoms with Crippen LogP contribution in [0.1, 0.15) is 16.1 Å². The van der Waals surface area contributed by atoms with E-state index in [2.05, 4.69) is 10.3 Å². The summed E-state index contributed by atoms with van der Waals surface area (Å²) in [6.45, 7) is 0. The van der Waals surface area contributed by atoms with Crippen LogP contribution in [-0.4, -0.2) is 17.8 Å². The van der Waals surface area contributed by atoms with Crippen LogP contribution < -0.4 is 11.1 Å². The number of hydrogen-bond donors (Lipinski definition) is 2. The molecule has 0 fully saturated rings. The number of ketones is 1. The van der Waals surface area contributed by atoms with Crippen LogP contribution in [-0.2, 0) is 0 Å². The van der Waals surface area contributed by atoms with E-state index in [1.54, 1.807) is 49.6 Å². The van der Waals surface area contributed by atoms with Crippen molar-refractivity contribution in [1.82, 2.24) is 4.98 Å². The maximum absolute atomic E-state index is 12.1. The molecule has 17 heavy (non-hydrogen) atoms. The van der Waals surface area contributed by atoms with Crippen LogP contribution in [0, 0.1) is 0 Å². The van der Waals surface area contributed by atoms with Crippen molar-refractivity contribution in [3.63, 3.8) is 0 Å². The first kappa shape index (κ1) is 11.1. The van der Waals surface area contributed by atoms with Crippen LogP contribution in [0.4, 0.5) is 11.4 Å². The van der Waals surface area contributed by atoms with Crippen molar-refractivity contribution < 1.29 is 4.79 Å². The monoisotopic (exact) mass is 227 g/mol. The highest BCUT2D eigenvalue weighted by molar-refractivity contribution is 6.08. The molecule has 0 radical (unpaired) electrons. The smallest absolute Gasteiger partial charge is 0.211 e. The topological polar surface area (TPSA) is 68.0 Å². The molecule has 3 N–H and O–H groups in total. The Balaban J connectivity index is 2.35. The Hall–Kier alpha value is -2.36. The quantitative estimate of drug-likeness (QED) is 0.621. The van der Waals surface area contributed by atoms with Crippen LogP contribution in [0.5, 0.6) is 0 Å². The highest BCUT2D eigenvalue weighted by atomic mass is 16.1. The summed E-state index contributed by atoms with van der Waals surface area (Å²) in [7, 11) is 1.78. The molecule has 1 aromatic heterocycles. The molecule has 86 valence electrons. The molecule has 0 atom stereocenters. The Labute approximate surface area is 99.5 Å². The van der Waals surface area contributed by atoms with E-state index >= 15 is 0 Å². The number of carbonyl (C=O) groups excluding carboxylic acids is 1. The second-order valence-corrected chi connectivity index (χ2v) is 3.60. The van der Waals surface area contributed by atoms with Crippen molar-refractivity contribution >= 4 is 17.2 Å². The zero-order valence-electron chi connectivity index (χ0n) is 9.47. The average Bonchev–Trinajstić information content (AvgIpc) is 2.39. The Morgan fingerprint density at radius 3 is 2.71 bits per heavy atom. The van der Waals surface area contributed by atoms with Crippen molar-refractivity contribution in [3.8, 4) is 0 Å². The molecular formula is C13H13N3O. The molecule has 1 aromatic carbocycles. The molecule has 0 aliphatic rings. The van der Waals surface area contributed by atoms with Crippen LogP contribution in [0.2, 0.25) is 0 Å². The van der Waals surface area contributed by atoms with Crippen LogP contribution in [0.15, 0.2) is 42.6 Å². The number of carbonyl (C=O) groups is 1. The van der Waals surface area contributed by atoms with Crippen LogP contribution in [0.25, 0.3) is 0 Å². The van der Waals surface area contributed by atoms with E-state index in [0.717, 1.165) is 5.69 Å². The lowest BCUT2D eigenvalue weighted by atomic mass is 10.1. The molecule has 0 unspecified atom stereocenters. The van der Waals surface area contributed by atoms with Gasteiger partial charge < -0.3 is 11.1 Å². The first-order chi connectivity index (χ1) is 8.22. The minimum absolute atomic E-state index is 0.125. The van der Waals surface area contributed by atoms with E-state index in [1.165, 1.54) is 0 Å². The molecule has 2 rings (SSSR count). The zero-order valence-corrected chi connectivity index (χ0v) is 9.47. The van der Waals surface area contributed by atoms with Crippen molar-refractivity contribution in [2.24, 2.45) is 0 Å². The third kappa shape index (κ3) is 2.25. The van der Waals surface area contributed by atoms with Crippen molar-refractivity contribution in [2.45, 2.75) is 0 Å². The van der Waals surface area contributed by atoms with Crippen LogP contribution in [0.3, 0.4) is 0 Å². The fourth-order valence-corrected chi connectivity index (χ4v) is 1.58. The molecule has 0 saturated heterocycles. The molecule has 0 amide bonds. The standard InChI is InChI=1S/C13H13N3O/c1-15-11-6-5-9(8-10(11)14)13(17)12-4-2-3-7-16-12/h2-8,15H,14H2,1H3. The van der Waals surface area contributed by atoms with Gasteiger partial charge in [0.05, 0.1) is 11.4 Å². The molecule has 2 aromatic rings. The molecule has 1 heterocycles. The van der Waals surface area contributed by atoms with Gasteiger partial charge >= 0.3 is 0 Å². The average molecular weight is 227 g/mol. The third-order valence-electron chi connectivity index (χ3n) is 2.48. The van der Waals surface area contributed by atoms with E-state index in [0.29, 0.717) is 16.9 Å². The summed E-state index contributed by atoms with van der Waals surface area (Å²) in [5.74, 6) is -0.125. The van der Waals surface area contributed by atoms with Gasteiger partial charge in [0.2, 0.25) is 5.78 Å². The molecule has 0 aliphatic carbocycles. The molecular weight excluding hydrogens is 214 g/mol. The maximum Gasteiger partial charge on any atom is 0.211 e. The SMILES string of the molecule is CNc1ccc(C(=O)c2ccccn2)cc1N. The Kier molecular flexibility index (Phi) is 3.05. The van der Waals surface area contributed by atoms with Gasteiger partial charge in [0, 0.05) is 18.8 Å². The third-order valence-corrected chi connectivity index (χ3v) is 2.48. The first-order valence-electron chi connectivity index (χ1n) is 5.25. The summed E-state index contributed by atoms with van der Waals surface area (Å²) in [6, 6.07) is 10.4. The predicted molar refractivity (Wildman–Crippen MR) is 68.1 cm³/mol. The van der Waals surface area contributed by atoms with Gasteiger partial charge in [0.15, 0.2) is 0 Å². The minimum atomic E-state index is -0.125. The second kappa shape index (κ2) is 4.65. The summed E-state index contributed by atoms with van der Waals surface area (Å²) >= 11 is 0. The number of nitrogens with two attached hydrogens (primary N) is 1. The Morgan fingerprint density at radius 1 is 1.29 bits per heavy atom. The number of anilines is 2. The van der Waals surface area contributed by atoms with Gasteiger partial charge in [-0.3, -0.25) is 9.78 Å². The summed E-state index contributed by atoms with van der Waals surface area (Å²) in [6.07, 6.45) is 1.60. The van der Waals surface area contributed by atoms with E-state index in [-0.39, 0.29) is 5.78 Å². The Morgan fingerprint density at radius 2 is 2.12 bits per heavy atom. The highest BCUT2D eigenvalue weighted by Gasteiger charge is 2.11. The molecule has 0 spiro atoms. The number of benzene rings is 1. The van der Waals surface area contributed by atoms with E-state index in [1.807, 2.05) is 0 Å².